The molecular weight excluding hydrogens is 370 g/mol. The number of carbonyl (C=O) groups is 1. The summed E-state index contributed by atoms with van der Waals surface area (Å²) in [6.45, 7) is 6.26. The van der Waals surface area contributed by atoms with Crippen molar-refractivity contribution in [3.8, 4) is 0 Å². The van der Waals surface area contributed by atoms with E-state index < -0.39 is 0 Å². The lowest BCUT2D eigenvalue weighted by atomic mass is 9.76. The van der Waals surface area contributed by atoms with Crippen LogP contribution in [0.25, 0.3) is 0 Å². The fourth-order valence-corrected chi connectivity index (χ4v) is 4.71. The van der Waals surface area contributed by atoms with Gasteiger partial charge in [0, 0.05) is 28.9 Å². The molecule has 2 atom stereocenters. The van der Waals surface area contributed by atoms with Crippen molar-refractivity contribution >= 4 is 23.4 Å². The summed E-state index contributed by atoms with van der Waals surface area (Å²) in [5, 5.41) is 4.32. The first-order chi connectivity index (χ1) is 13.5. The summed E-state index contributed by atoms with van der Waals surface area (Å²) in [6.07, 6.45) is 3.17. The maximum atomic E-state index is 13.1. The number of aromatic amines is 1. The Hall–Kier alpha value is -2.34. The molecule has 0 unspecified atom stereocenters. The lowest BCUT2D eigenvalue weighted by Gasteiger charge is -2.32. The van der Waals surface area contributed by atoms with E-state index in [-0.39, 0.29) is 17.3 Å². The molecule has 2 aliphatic rings. The van der Waals surface area contributed by atoms with Crippen LogP contribution in [0, 0.1) is 6.92 Å². The topological polar surface area (TPSA) is 74.8 Å². The number of anilines is 1. The predicted octanol–water partition coefficient (Wildman–Crippen LogP) is 4.53. The summed E-state index contributed by atoms with van der Waals surface area (Å²) in [5.74, 6) is 0.356. The molecule has 0 radical (unpaired) electrons. The normalized spacial score (nSPS) is 19.7. The highest BCUT2D eigenvalue weighted by molar-refractivity contribution is 7.99. The molecule has 1 aromatic heterocycles. The van der Waals surface area contributed by atoms with E-state index in [1.54, 1.807) is 11.8 Å². The number of aryl methyl sites for hydroxylation is 1. The van der Waals surface area contributed by atoms with Crippen molar-refractivity contribution in [3.05, 3.63) is 62.6 Å². The molecule has 5 nitrogen and oxygen atoms in total. The molecule has 0 saturated carbocycles. The van der Waals surface area contributed by atoms with E-state index in [2.05, 4.69) is 24.1 Å². The van der Waals surface area contributed by atoms with Crippen LogP contribution in [0.3, 0.4) is 0 Å². The third-order valence-electron chi connectivity index (χ3n) is 5.53. The number of fused-ring (bicyclic) bond motifs is 1. The van der Waals surface area contributed by atoms with Crippen LogP contribution in [0.15, 0.2) is 45.5 Å². The minimum atomic E-state index is -0.362. The van der Waals surface area contributed by atoms with Crippen LogP contribution >= 0.6 is 11.8 Å². The first-order valence-electron chi connectivity index (χ1n) is 9.88. The van der Waals surface area contributed by atoms with E-state index in [0.717, 1.165) is 41.7 Å². The number of nitrogens with one attached hydrogen (secondary N) is 2. The Morgan fingerprint density at radius 3 is 2.68 bits per heavy atom. The van der Waals surface area contributed by atoms with Crippen molar-refractivity contribution < 1.29 is 4.79 Å². The van der Waals surface area contributed by atoms with E-state index >= 15 is 0 Å². The van der Waals surface area contributed by atoms with Crippen LogP contribution < -0.4 is 10.9 Å². The molecule has 0 spiro atoms. The van der Waals surface area contributed by atoms with Gasteiger partial charge >= 0.3 is 0 Å². The molecule has 2 aromatic rings. The quantitative estimate of drug-likeness (QED) is 0.587. The van der Waals surface area contributed by atoms with Crippen LogP contribution in [0.1, 0.15) is 62.1 Å². The maximum absolute atomic E-state index is 13.1. The molecule has 0 saturated heterocycles. The number of benzene rings is 1. The average Bonchev–Trinajstić information content (AvgIpc) is 2.67. The van der Waals surface area contributed by atoms with Crippen LogP contribution in [-0.4, -0.2) is 21.0 Å². The lowest BCUT2D eigenvalue weighted by Crippen LogP contribution is -2.32. The summed E-state index contributed by atoms with van der Waals surface area (Å²) < 4.78 is 0. The van der Waals surface area contributed by atoms with Crippen molar-refractivity contribution in [2.45, 2.75) is 62.8 Å². The number of ketones is 1. The zero-order chi connectivity index (χ0) is 19.8. The summed E-state index contributed by atoms with van der Waals surface area (Å²) in [5.41, 5.74) is 4.15. The van der Waals surface area contributed by atoms with Gasteiger partial charge < -0.3 is 10.3 Å². The summed E-state index contributed by atoms with van der Waals surface area (Å²) in [6, 6.07) is 8.09. The highest BCUT2D eigenvalue weighted by Gasteiger charge is 2.37. The van der Waals surface area contributed by atoms with Gasteiger partial charge in [-0.15, -0.1) is 0 Å². The van der Waals surface area contributed by atoms with Crippen molar-refractivity contribution in [2.24, 2.45) is 0 Å². The third kappa shape index (κ3) is 3.41. The summed E-state index contributed by atoms with van der Waals surface area (Å²) >= 11 is 1.57. The molecule has 146 valence electrons. The molecule has 1 aliphatic heterocycles. The van der Waals surface area contributed by atoms with Gasteiger partial charge in [0.25, 0.3) is 5.56 Å². The van der Waals surface area contributed by atoms with E-state index in [1.807, 2.05) is 31.2 Å². The number of hydrogen-bond acceptors (Lipinski definition) is 5. The Morgan fingerprint density at radius 2 is 1.96 bits per heavy atom. The van der Waals surface area contributed by atoms with Crippen LogP contribution in [0.2, 0.25) is 0 Å². The minimum Gasteiger partial charge on any atom is -0.343 e. The number of carbonyl (C=O) groups excluding carboxylic acids is 1. The second-order valence-electron chi connectivity index (χ2n) is 7.61. The average molecular weight is 396 g/mol. The smallest absolute Gasteiger partial charge is 0.257 e. The summed E-state index contributed by atoms with van der Waals surface area (Å²) in [7, 11) is 0. The fourth-order valence-electron chi connectivity index (χ4n) is 3.86. The van der Waals surface area contributed by atoms with E-state index in [9.17, 15) is 9.59 Å². The molecule has 1 aliphatic carbocycles. The third-order valence-corrected chi connectivity index (χ3v) is 6.69. The van der Waals surface area contributed by atoms with E-state index in [1.165, 1.54) is 0 Å². The molecule has 2 N–H and O–H groups in total. The number of H-pyrrole nitrogens is 1. The van der Waals surface area contributed by atoms with Gasteiger partial charge in [0.05, 0.1) is 5.56 Å². The van der Waals surface area contributed by atoms with Crippen LogP contribution in [0.5, 0.6) is 0 Å². The van der Waals surface area contributed by atoms with E-state index in [0.29, 0.717) is 28.2 Å². The zero-order valence-corrected chi connectivity index (χ0v) is 17.3. The lowest BCUT2D eigenvalue weighted by molar-refractivity contribution is -0.116. The van der Waals surface area contributed by atoms with Gasteiger partial charge in [-0.3, -0.25) is 9.59 Å². The van der Waals surface area contributed by atoms with Crippen molar-refractivity contribution in [2.75, 3.05) is 5.32 Å². The predicted molar refractivity (Wildman–Crippen MR) is 113 cm³/mol. The molecule has 0 fully saturated rings. The number of hydrogen-bond donors (Lipinski definition) is 2. The monoisotopic (exact) mass is 395 g/mol. The highest BCUT2D eigenvalue weighted by atomic mass is 32.2. The second kappa shape index (κ2) is 7.59. The van der Waals surface area contributed by atoms with Crippen molar-refractivity contribution in [1.29, 1.82) is 0 Å². The van der Waals surface area contributed by atoms with Gasteiger partial charge in [-0.1, -0.05) is 55.4 Å². The SMILES string of the molecule is CC[C@@H](C)Sc1nc2c(c(=O)[nH]1)[C@@H](c1ccc(C)cc1)C1=C(CCCC1=O)N2. The molecule has 2 heterocycles. The minimum absolute atomic E-state index is 0.127. The Kier molecular flexibility index (Phi) is 5.15. The van der Waals surface area contributed by atoms with E-state index in [4.69, 9.17) is 4.98 Å². The Balaban J connectivity index is 1.88. The van der Waals surface area contributed by atoms with Crippen LogP contribution in [0.4, 0.5) is 5.82 Å². The number of allylic oxidation sites excluding steroid dienone is 2. The molecular formula is C22H25N3O2S. The number of aromatic nitrogens is 2. The molecule has 4 rings (SSSR count). The van der Waals surface area contributed by atoms with Gasteiger partial charge in [0.2, 0.25) is 0 Å². The standard InChI is InChI=1S/C22H25N3O2S/c1-4-13(3)28-22-24-20-19(21(27)25-22)17(14-10-8-12(2)9-11-14)18-15(23-20)6-5-7-16(18)26/h8-11,13,17H,4-7H2,1-3H3,(H2,23,24,25,27)/t13-,17+/m1/s1. The molecule has 0 amide bonds. The largest absolute Gasteiger partial charge is 0.343 e. The van der Waals surface area contributed by atoms with Crippen molar-refractivity contribution in [3.63, 3.8) is 0 Å². The number of rotatable bonds is 4. The molecule has 1 aromatic carbocycles. The number of nitrogens with zero attached hydrogens (tertiary/aromatic N) is 1. The number of thioether (sulfide) groups is 1. The van der Waals surface area contributed by atoms with Gasteiger partial charge in [-0.05, 0) is 31.7 Å². The maximum Gasteiger partial charge on any atom is 0.257 e. The Labute approximate surface area is 169 Å². The van der Waals surface area contributed by atoms with Gasteiger partial charge in [0.1, 0.15) is 5.82 Å². The second-order valence-corrected chi connectivity index (χ2v) is 9.03. The van der Waals surface area contributed by atoms with Gasteiger partial charge in [-0.25, -0.2) is 4.98 Å². The van der Waals surface area contributed by atoms with Crippen LogP contribution in [-0.2, 0) is 4.79 Å². The van der Waals surface area contributed by atoms with Gasteiger partial charge in [-0.2, -0.15) is 0 Å². The molecule has 6 heteroatoms. The fraction of sp³-hybridized carbons (Fsp3) is 0.409. The van der Waals surface area contributed by atoms with Gasteiger partial charge in [0.15, 0.2) is 10.9 Å². The summed E-state index contributed by atoms with van der Waals surface area (Å²) in [4.78, 5) is 33.6. The first kappa shape index (κ1) is 19.0. The molecule has 0 bridgehead atoms. The highest BCUT2D eigenvalue weighted by Crippen LogP contribution is 2.43. The first-order valence-corrected chi connectivity index (χ1v) is 10.8. The zero-order valence-electron chi connectivity index (χ0n) is 16.5. The molecule has 28 heavy (non-hydrogen) atoms. The number of Topliss-reactive ketones (excluding diaryl/α,β-unsaturated/α-hetero) is 1. The Morgan fingerprint density at radius 1 is 1.21 bits per heavy atom. The van der Waals surface area contributed by atoms with Crippen molar-refractivity contribution in [1.82, 2.24) is 9.97 Å². The Bertz CT molecular complexity index is 1010.